The molecule has 0 saturated carbocycles. The van der Waals surface area contributed by atoms with Gasteiger partial charge in [-0.2, -0.15) is 0 Å². The lowest BCUT2D eigenvalue weighted by atomic mass is 10.1. The number of carbonyl (C=O) groups is 2. The first-order valence-electron chi connectivity index (χ1n) is 8.74. The van der Waals surface area contributed by atoms with E-state index >= 15 is 0 Å². The van der Waals surface area contributed by atoms with Gasteiger partial charge in [0.15, 0.2) is 5.76 Å². The third-order valence-electron chi connectivity index (χ3n) is 4.57. The Morgan fingerprint density at radius 1 is 1.12 bits per heavy atom. The number of furan rings is 1. The highest BCUT2D eigenvalue weighted by Gasteiger charge is 2.27. The minimum Gasteiger partial charge on any atom is -0.451 e. The SMILES string of the molecule is CCOCc1c(C(=O)N2CCCN(C(C)=O)CC2)oc2ccccc12. The van der Waals surface area contributed by atoms with Crippen LogP contribution in [0.3, 0.4) is 0 Å². The van der Waals surface area contributed by atoms with Gasteiger partial charge < -0.3 is 19.0 Å². The molecule has 1 aliphatic rings. The van der Waals surface area contributed by atoms with E-state index in [-0.39, 0.29) is 11.8 Å². The maximum Gasteiger partial charge on any atom is 0.290 e. The van der Waals surface area contributed by atoms with Gasteiger partial charge in [0, 0.05) is 50.7 Å². The molecule has 0 aliphatic carbocycles. The zero-order valence-electron chi connectivity index (χ0n) is 14.8. The fourth-order valence-electron chi connectivity index (χ4n) is 3.20. The van der Waals surface area contributed by atoms with Gasteiger partial charge in [-0.1, -0.05) is 18.2 Å². The molecule has 2 amide bonds. The normalized spacial score (nSPS) is 15.4. The lowest BCUT2D eigenvalue weighted by Crippen LogP contribution is -2.36. The molecule has 1 saturated heterocycles. The zero-order valence-corrected chi connectivity index (χ0v) is 14.8. The summed E-state index contributed by atoms with van der Waals surface area (Å²) in [5, 5.41) is 0.916. The van der Waals surface area contributed by atoms with E-state index in [1.807, 2.05) is 31.2 Å². The lowest BCUT2D eigenvalue weighted by Gasteiger charge is -2.21. The van der Waals surface area contributed by atoms with Gasteiger partial charge in [-0.3, -0.25) is 9.59 Å². The molecule has 0 radical (unpaired) electrons. The molecule has 134 valence electrons. The zero-order chi connectivity index (χ0) is 17.8. The third kappa shape index (κ3) is 3.69. The molecule has 1 aromatic carbocycles. The van der Waals surface area contributed by atoms with Crippen LogP contribution in [0.1, 0.15) is 36.4 Å². The summed E-state index contributed by atoms with van der Waals surface area (Å²) in [6.07, 6.45) is 0.770. The van der Waals surface area contributed by atoms with Crippen LogP contribution in [0.5, 0.6) is 0 Å². The Kier molecular flexibility index (Phi) is 5.38. The second kappa shape index (κ2) is 7.70. The molecule has 2 aromatic rings. The number of fused-ring (bicyclic) bond motifs is 1. The summed E-state index contributed by atoms with van der Waals surface area (Å²) in [4.78, 5) is 28.2. The van der Waals surface area contributed by atoms with Crippen molar-refractivity contribution in [3.8, 4) is 0 Å². The summed E-state index contributed by atoms with van der Waals surface area (Å²) >= 11 is 0. The standard InChI is InChI=1S/C19H24N2O4/c1-3-24-13-16-15-7-4-5-8-17(15)25-18(16)19(23)21-10-6-9-20(11-12-21)14(2)22/h4-5,7-8H,3,6,9-13H2,1-2H3. The summed E-state index contributed by atoms with van der Waals surface area (Å²) in [6.45, 7) is 6.79. The van der Waals surface area contributed by atoms with Crippen LogP contribution in [0.25, 0.3) is 11.0 Å². The lowest BCUT2D eigenvalue weighted by molar-refractivity contribution is -0.128. The Balaban J connectivity index is 1.87. The van der Waals surface area contributed by atoms with Gasteiger partial charge in [0.05, 0.1) is 6.61 Å². The van der Waals surface area contributed by atoms with Gasteiger partial charge in [0.1, 0.15) is 5.58 Å². The number of amides is 2. The second-order valence-electron chi connectivity index (χ2n) is 6.19. The van der Waals surface area contributed by atoms with E-state index < -0.39 is 0 Å². The largest absolute Gasteiger partial charge is 0.451 e. The summed E-state index contributed by atoms with van der Waals surface area (Å²) in [5.41, 5.74) is 1.50. The van der Waals surface area contributed by atoms with Crippen molar-refractivity contribution in [3.05, 3.63) is 35.6 Å². The number of hydrogen-bond acceptors (Lipinski definition) is 4. The Morgan fingerprint density at radius 2 is 1.84 bits per heavy atom. The summed E-state index contributed by atoms with van der Waals surface area (Å²) in [7, 11) is 0. The minimum absolute atomic E-state index is 0.0510. The Hall–Kier alpha value is -2.34. The van der Waals surface area contributed by atoms with Crippen molar-refractivity contribution in [2.45, 2.75) is 26.9 Å². The molecular formula is C19H24N2O4. The quantitative estimate of drug-likeness (QED) is 0.855. The smallest absolute Gasteiger partial charge is 0.290 e. The predicted octanol–water partition coefficient (Wildman–Crippen LogP) is 2.66. The van der Waals surface area contributed by atoms with Crippen LogP contribution in [0.4, 0.5) is 0 Å². The molecule has 0 atom stereocenters. The first-order valence-corrected chi connectivity index (χ1v) is 8.74. The van der Waals surface area contributed by atoms with E-state index in [0.717, 1.165) is 17.4 Å². The van der Waals surface area contributed by atoms with Gasteiger partial charge in [0.2, 0.25) is 5.91 Å². The Labute approximate surface area is 147 Å². The number of rotatable bonds is 4. The van der Waals surface area contributed by atoms with Crippen LogP contribution in [0.2, 0.25) is 0 Å². The van der Waals surface area contributed by atoms with Crippen LogP contribution in [-0.2, 0) is 16.1 Å². The van der Waals surface area contributed by atoms with Crippen molar-refractivity contribution in [1.82, 2.24) is 9.80 Å². The molecule has 0 bridgehead atoms. The predicted molar refractivity (Wildman–Crippen MR) is 94.3 cm³/mol. The Bertz CT molecular complexity index is 768. The molecule has 2 heterocycles. The van der Waals surface area contributed by atoms with E-state index in [1.54, 1.807) is 16.7 Å². The van der Waals surface area contributed by atoms with Crippen LogP contribution in [0.15, 0.2) is 28.7 Å². The molecular weight excluding hydrogens is 320 g/mol. The Morgan fingerprint density at radius 3 is 2.60 bits per heavy atom. The van der Waals surface area contributed by atoms with Gasteiger partial charge in [-0.25, -0.2) is 0 Å². The van der Waals surface area contributed by atoms with Crippen LogP contribution in [-0.4, -0.2) is 54.4 Å². The van der Waals surface area contributed by atoms with Gasteiger partial charge in [-0.15, -0.1) is 0 Å². The molecule has 6 heteroatoms. The van der Waals surface area contributed by atoms with Gasteiger partial charge in [0.25, 0.3) is 5.91 Å². The third-order valence-corrected chi connectivity index (χ3v) is 4.57. The summed E-state index contributed by atoms with van der Waals surface area (Å²) in [5.74, 6) is 0.275. The maximum absolute atomic E-state index is 13.1. The summed E-state index contributed by atoms with van der Waals surface area (Å²) < 4.78 is 11.4. The molecule has 1 aromatic heterocycles. The average molecular weight is 344 g/mol. The highest BCUT2D eigenvalue weighted by atomic mass is 16.5. The van der Waals surface area contributed by atoms with Crippen molar-refractivity contribution in [3.63, 3.8) is 0 Å². The number of nitrogens with zero attached hydrogens (tertiary/aromatic N) is 2. The molecule has 0 N–H and O–H groups in total. The fourth-order valence-corrected chi connectivity index (χ4v) is 3.20. The number of carbonyl (C=O) groups excluding carboxylic acids is 2. The molecule has 25 heavy (non-hydrogen) atoms. The van der Waals surface area contributed by atoms with Crippen molar-refractivity contribution in [2.24, 2.45) is 0 Å². The fraction of sp³-hybridized carbons (Fsp3) is 0.474. The van der Waals surface area contributed by atoms with E-state index in [2.05, 4.69) is 0 Å². The van der Waals surface area contributed by atoms with E-state index in [1.165, 1.54) is 0 Å². The first kappa shape index (κ1) is 17.5. The average Bonchev–Trinajstić information content (AvgIpc) is 2.79. The van der Waals surface area contributed by atoms with E-state index in [0.29, 0.717) is 50.7 Å². The van der Waals surface area contributed by atoms with Crippen molar-refractivity contribution < 1.29 is 18.7 Å². The van der Waals surface area contributed by atoms with Crippen LogP contribution in [0, 0.1) is 0 Å². The number of para-hydroxylation sites is 1. The first-order chi connectivity index (χ1) is 12.1. The number of hydrogen-bond donors (Lipinski definition) is 0. The highest BCUT2D eigenvalue weighted by Crippen LogP contribution is 2.28. The molecule has 6 nitrogen and oxygen atoms in total. The molecule has 0 unspecified atom stereocenters. The van der Waals surface area contributed by atoms with Crippen molar-refractivity contribution in [1.29, 1.82) is 0 Å². The second-order valence-corrected chi connectivity index (χ2v) is 6.19. The maximum atomic E-state index is 13.1. The van der Waals surface area contributed by atoms with Crippen molar-refractivity contribution >= 4 is 22.8 Å². The molecule has 3 rings (SSSR count). The van der Waals surface area contributed by atoms with Crippen LogP contribution < -0.4 is 0 Å². The monoisotopic (exact) mass is 344 g/mol. The molecule has 1 aliphatic heterocycles. The number of benzene rings is 1. The van der Waals surface area contributed by atoms with Gasteiger partial charge >= 0.3 is 0 Å². The van der Waals surface area contributed by atoms with E-state index in [4.69, 9.17) is 9.15 Å². The van der Waals surface area contributed by atoms with E-state index in [9.17, 15) is 9.59 Å². The highest BCUT2D eigenvalue weighted by molar-refractivity contribution is 5.99. The molecule has 1 fully saturated rings. The minimum atomic E-state index is -0.128. The summed E-state index contributed by atoms with van der Waals surface area (Å²) in [6, 6.07) is 7.63. The van der Waals surface area contributed by atoms with Gasteiger partial charge in [-0.05, 0) is 19.4 Å². The van der Waals surface area contributed by atoms with Crippen LogP contribution >= 0.6 is 0 Å². The molecule has 0 spiro atoms. The van der Waals surface area contributed by atoms with Crippen molar-refractivity contribution in [2.75, 3.05) is 32.8 Å². The number of ether oxygens (including phenoxy) is 1. The topological polar surface area (TPSA) is 63.0 Å².